The predicted octanol–water partition coefficient (Wildman–Crippen LogP) is 5.25. The van der Waals surface area contributed by atoms with E-state index >= 15 is 0 Å². The first-order chi connectivity index (χ1) is 11.5. The fourth-order valence-corrected chi connectivity index (χ4v) is 2.98. The molecule has 1 aromatic heterocycles. The van der Waals surface area contributed by atoms with E-state index in [1.165, 1.54) is 10.4 Å². The Morgan fingerprint density at radius 3 is 2.58 bits per heavy atom. The van der Waals surface area contributed by atoms with Crippen molar-refractivity contribution in [3.63, 3.8) is 0 Å². The predicted molar refractivity (Wildman–Crippen MR) is 98.2 cm³/mol. The minimum Gasteiger partial charge on any atom is -0.505 e. The molecule has 3 aromatic rings. The van der Waals surface area contributed by atoms with Crippen molar-refractivity contribution >= 4 is 22.6 Å². The van der Waals surface area contributed by atoms with E-state index in [0.29, 0.717) is 16.2 Å². The number of hydrogen-bond acceptors (Lipinski definition) is 3. The molecule has 0 saturated heterocycles. The number of benzene rings is 2. The van der Waals surface area contributed by atoms with Gasteiger partial charge in [0, 0.05) is 5.02 Å². The fourth-order valence-electron chi connectivity index (χ4n) is 2.81. The summed E-state index contributed by atoms with van der Waals surface area (Å²) in [5.41, 5.74) is 4.22. The summed E-state index contributed by atoms with van der Waals surface area (Å²) in [5, 5.41) is 20.3. The SMILES string of the molecule is CCCCc1cc(C(C)C)c(O)c(-n2nc3ccc(Cl)cc3n2)c1. The van der Waals surface area contributed by atoms with E-state index in [9.17, 15) is 5.11 Å². The molecule has 1 N–H and O–H groups in total. The van der Waals surface area contributed by atoms with E-state index in [2.05, 4.69) is 37.0 Å². The average molecular weight is 344 g/mol. The first-order valence-corrected chi connectivity index (χ1v) is 8.76. The molecule has 0 aliphatic carbocycles. The molecule has 1 heterocycles. The van der Waals surface area contributed by atoms with Crippen LogP contribution in [0.5, 0.6) is 5.75 Å². The lowest BCUT2D eigenvalue weighted by Gasteiger charge is -2.14. The second-order valence-corrected chi connectivity index (χ2v) is 6.87. The van der Waals surface area contributed by atoms with Gasteiger partial charge in [-0.1, -0.05) is 44.9 Å². The Bertz CT molecular complexity index is 870. The van der Waals surface area contributed by atoms with Crippen LogP contribution in [0, 0.1) is 0 Å². The number of aromatic hydroxyl groups is 1. The van der Waals surface area contributed by atoms with Crippen LogP contribution in [-0.4, -0.2) is 20.1 Å². The zero-order chi connectivity index (χ0) is 17.3. The van der Waals surface area contributed by atoms with Gasteiger partial charge in [0.2, 0.25) is 0 Å². The van der Waals surface area contributed by atoms with Crippen LogP contribution < -0.4 is 0 Å². The summed E-state index contributed by atoms with van der Waals surface area (Å²) in [6, 6.07) is 9.49. The van der Waals surface area contributed by atoms with Crippen LogP contribution in [0.3, 0.4) is 0 Å². The van der Waals surface area contributed by atoms with Gasteiger partial charge >= 0.3 is 0 Å². The number of aryl methyl sites for hydroxylation is 1. The van der Waals surface area contributed by atoms with Crippen LogP contribution in [-0.2, 0) is 6.42 Å². The highest BCUT2D eigenvalue weighted by Crippen LogP contribution is 2.33. The van der Waals surface area contributed by atoms with E-state index in [-0.39, 0.29) is 11.7 Å². The quantitative estimate of drug-likeness (QED) is 0.688. The Balaban J connectivity index is 2.14. The van der Waals surface area contributed by atoms with Crippen LogP contribution >= 0.6 is 11.6 Å². The van der Waals surface area contributed by atoms with Gasteiger partial charge in [0.05, 0.1) is 0 Å². The summed E-state index contributed by atoms with van der Waals surface area (Å²) in [6.07, 6.45) is 3.23. The van der Waals surface area contributed by atoms with Gasteiger partial charge in [-0.25, -0.2) is 0 Å². The minimum atomic E-state index is 0.227. The van der Waals surface area contributed by atoms with Crippen molar-refractivity contribution in [2.24, 2.45) is 0 Å². The molecule has 0 saturated carbocycles. The van der Waals surface area contributed by atoms with Crippen molar-refractivity contribution in [1.29, 1.82) is 0 Å². The van der Waals surface area contributed by atoms with Crippen molar-refractivity contribution in [2.75, 3.05) is 0 Å². The molecule has 5 heteroatoms. The Kier molecular flexibility index (Phi) is 4.76. The lowest BCUT2D eigenvalue weighted by atomic mass is 9.96. The summed E-state index contributed by atoms with van der Waals surface area (Å²) in [5.74, 6) is 0.474. The molecule has 0 aliphatic heterocycles. The van der Waals surface area contributed by atoms with Gasteiger partial charge < -0.3 is 5.11 Å². The average Bonchev–Trinajstić information content (AvgIpc) is 2.96. The normalized spacial score (nSPS) is 11.5. The van der Waals surface area contributed by atoms with Crippen molar-refractivity contribution < 1.29 is 5.11 Å². The van der Waals surface area contributed by atoms with E-state index in [4.69, 9.17) is 11.6 Å². The molecule has 0 fully saturated rings. The smallest absolute Gasteiger partial charge is 0.146 e. The second-order valence-electron chi connectivity index (χ2n) is 6.43. The van der Waals surface area contributed by atoms with E-state index < -0.39 is 0 Å². The standard InChI is InChI=1S/C19H22ClN3O/c1-4-5-6-13-9-15(12(2)3)19(24)18(10-13)23-21-16-8-7-14(20)11-17(16)22-23/h7-12,24H,4-6H2,1-3H3. The molecule has 24 heavy (non-hydrogen) atoms. The Labute approximate surface area is 147 Å². The van der Waals surface area contributed by atoms with Crippen LogP contribution in [0.15, 0.2) is 30.3 Å². The first-order valence-electron chi connectivity index (χ1n) is 8.38. The van der Waals surface area contributed by atoms with Crippen LogP contribution in [0.25, 0.3) is 16.7 Å². The molecule has 0 unspecified atom stereocenters. The van der Waals surface area contributed by atoms with Gasteiger partial charge in [0.25, 0.3) is 0 Å². The van der Waals surface area contributed by atoms with Crippen molar-refractivity contribution in [2.45, 2.75) is 46.0 Å². The topological polar surface area (TPSA) is 50.9 Å². The van der Waals surface area contributed by atoms with Gasteiger partial charge in [-0.3, -0.25) is 0 Å². The number of fused-ring (bicyclic) bond motifs is 1. The number of phenols is 1. The molecule has 0 atom stereocenters. The van der Waals surface area contributed by atoms with Gasteiger partial charge in [0.1, 0.15) is 22.5 Å². The highest BCUT2D eigenvalue weighted by atomic mass is 35.5. The second kappa shape index (κ2) is 6.81. The lowest BCUT2D eigenvalue weighted by Crippen LogP contribution is -2.03. The maximum absolute atomic E-state index is 10.7. The summed E-state index contributed by atoms with van der Waals surface area (Å²) in [6.45, 7) is 6.33. The van der Waals surface area contributed by atoms with Crippen molar-refractivity contribution in [3.05, 3.63) is 46.5 Å². The molecule has 126 valence electrons. The van der Waals surface area contributed by atoms with Crippen molar-refractivity contribution in [3.8, 4) is 11.4 Å². The maximum Gasteiger partial charge on any atom is 0.146 e. The highest BCUT2D eigenvalue weighted by Gasteiger charge is 2.16. The van der Waals surface area contributed by atoms with E-state index in [0.717, 1.165) is 30.3 Å². The first kappa shape index (κ1) is 16.8. The third kappa shape index (κ3) is 3.24. The molecular weight excluding hydrogens is 322 g/mol. The molecule has 0 radical (unpaired) electrons. The molecule has 3 rings (SSSR count). The minimum absolute atomic E-state index is 0.227. The Morgan fingerprint density at radius 2 is 1.88 bits per heavy atom. The number of phenolic OH excluding ortho intramolecular Hbond substituents is 1. The zero-order valence-electron chi connectivity index (χ0n) is 14.3. The van der Waals surface area contributed by atoms with Gasteiger partial charge in [-0.2, -0.15) is 0 Å². The number of rotatable bonds is 5. The van der Waals surface area contributed by atoms with Crippen LogP contribution in [0.1, 0.15) is 50.7 Å². The summed E-state index contributed by atoms with van der Waals surface area (Å²) < 4.78 is 0. The molecule has 2 aromatic carbocycles. The highest BCUT2D eigenvalue weighted by molar-refractivity contribution is 6.31. The Hall–Kier alpha value is -2.07. The van der Waals surface area contributed by atoms with Crippen molar-refractivity contribution in [1.82, 2.24) is 15.0 Å². The van der Waals surface area contributed by atoms with Gasteiger partial charge in [-0.15, -0.1) is 15.0 Å². The van der Waals surface area contributed by atoms with Gasteiger partial charge in [-0.05, 0) is 54.2 Å². The third-order valence-electron chi connectivity index (χ3n) is 4.18. The number of aromatic nitrogens is 3. The summed E-state index contributed by atoms with van der Waals surface area (Å²) in [7, 11) is 0. The zero-order valence-corrected chi connectivity index (χ0v) is 15.0. The number of nitrogens with zero attached hydrogens (tertiary/aromatic N) is 3. The summed E-state index contributed by atoms with van der Waals surface area (Å²) in [4.78, 5) is 1.51. The van der Waals surface area contributed by atoms with Crippen LogP contribution in [0.4, 0.5) is 0 Å². The lowest BCUT2D eigenvalue weighted by molar-refractivity contribution is 0.457. The molecule has 0 aliphatic rings. The number of hydrogen-bond donors (Lipinski definition) is 1. The summed E-state index contributed by atoms with van der Waals surface area (Å²) >= 11 is 6.03. The fraction of sp³-hybridized carbons (Fsp3) is 0.368. The number of halogens is 1. The Morgan fingerprint density at radius 1 is 1.12 bits per heavy atom. The van der Waals surface area contributed by atoms with E-state index in [1.807, 2.05) is 12.1 Å². The van der Waals surface area contributed by atoms with Crippen LogP contribution in [0.2, 0.25) is 5.02 Å². The van der Waals surface area contributed by atoms with E-state index in [1.54, 1.807) is 12.1 Å². The number of unbranched alkanes of at least 4 members (excludes halogenated alkanes) is 1. The molecule has 0 spiro atoms. The van der Waals surface area contributed by atoms with Gasteiger partial charge in [0.15, 0.2) is 0 Å². The maximum atomic E-state index is 10.7. The molecule has 4 nitrogen and oxygen atoms in total. The molecule has 0 amide bonds. The third-order valence-corrected chi connectivity index (χ3v) is 4.41. The monoisotopic (exact) mass is 343 g/mol. The molecule has 0 bridgehead atoms. The largest absolute Gasteiger partial charge is 0.505 e. The molecular formula is C19H22ClN3O.